The quantitative estimate of drug-likeness (QED) is 0.467. The number of ether oxygens (including phenoxy) is 2. The van der Waals surface area contributed by atoms with Gasteiger partial charge in [-0.2, -0.15) is 0 Å². The Hall–Kier alpha value is -3.54. The Morgan fingerprint density at radius 3 is 2.68 bits per heavy atom. The van der Waals surface area contributed by atoms with Gasteiger partial charge in [0.25, 0.3) is 5.56 Å². The summed E-state index contributed by atoms with van der Waals surface area (Å²) in [5.41, 5.74) is 4.13. The molecule has 0 unspecified atom stereocenters. The lowest BCUT2D eigenvalue weighted by atomic mass is 10.1. The smallest absolute Gasteiger partial charge is 0.258 e. The van der Waals surface area contributed by atoms with E-state index in [1.54, 1.807) is 18.8 Å². The van der Waals surface area contributed by atoms with Gasteiger partial charge in [0.15, 0.2) is 0 Å². The van der Waals surface area contributed by atoms with Crippen LogP contribution in [-0.2, 0) is 6.54 Å². The summed E-state index contributed by atoms with van der Waals surface area (Å²) in [6, 6.07) is 11.7. The highest BCUT2D eigenvalue weighted by molar-refractivity contribution is 5.84. The van der Waals surface area contributed by atoms with Crippen LogP contribution in [0.15, 0.2) is 59.9 Å². The van der Waals surface area contributed by atoms with Gasteiger partial charge in [0, 0.05) is 35.3 Å². The summed E-state index contributed by atoms with van der Waals surface area (Å²) in [4.78, 5) is 17.9. The van der Waals surface area contributed by atoms with Gasteiger partial charge in [-0.05, 0) is 61.0 Å². The molecule has 6 heteroatoms. The summed E-state index contributed by atoms with van der Waals surface area (Å²) >= 11 is 0. The van der Waals surface area contributed by atoms with E-state index in [0.29, 0.717) is 23.6 Å². The topological polar surface area (TPSA) is 58.3 Å². The molecule has 1 aliphatic carbocycles. The number of benzene rings is 2. The van der Waals surface area contributed by atoms with Gasteiger partial charge >= 0.3 is 0 Å². The molecule has 2 aromatic carbocycles. The zero-order chi connectivity index (χ0) is 21.5. The average Bonchev–Trinajstić information content (AvgIpc) is 3.52. The first-order chi connectivity index (χ1) is 15.1. The van der Waals surface area contributed by atoms with Crippen molar-refractivity contribution in [2.24, 2.45) is 0 Å². The van der Waals surface area contributed by atoms with Gasteiger partial charge in [0.1, 0.15) is 11.5 Å². The van der Waals surface area contributed by atoms with E-state index in [1.165, 1.54) is 12.8 Å². The van der Waals surface area contributed by atoms with Crippen LogP contribution >= 0.6 is 0 Å². The Bertz CT molecular complexity index is 1330. The maximum atomic E-state index is 13.3. The minimum absolute atomic E-state index is 0.0286. The van der Waals surface area contributed by atoms with Crippen molar-refractivity contribution in [3.63, 3.8) is 0 Å². The third-order valence-electron chi connectivity index (χ3n) is 6.00. The number of fused-ring (bicyclic) bond motifs is 1. The first-order valence-electron chi connectivity index (χ1n) is 10.5. The Morgan fingerprint density at radius 1 is 1.10 bits per heavy atom. The summed E-state index contributed by atoms with van der Waals surface area (Å²) < 4.78 is 14.5. The normalized spacial score (nSPS) is 13.5. The molecule has 4 aromatic rings. The van der Waals surface area contributed by atoms with Crippen LogP contribution in [0.5, 0.6) is 11.5 Å². The van der Waals surface area contributed by atoms with Crippen molar-refractivity contribution in [2.45, 2.75) is 32.2 Å². The van der Waals surface area contributed by atoms with Gasteiger partial charge in [-0.15, -0.1) is 0 Å². The SMILES string of the molecule is COc1ccc(Cn2ccc3cc(C)c(-n4cnc(C5CC5)c4)cc3c2=O)c(OC)c1. The molecule has 31 heavy (non-hydrogen) atoms. The van der Waals surface area contributed by atoms with Crippen LogP contribution in [0.3, 0.4) is 0 Å². The number of aromatic nitrogens is 3. The molecular weight excluding hydrogens is 390 g/mol. The lowest BCUT2D eigenvalue weighted by Crippen LogP contribution is -2.20. The second-order valence-electron chi connectivity index (χ2n) is 8.13. The van der Waals surface area contributed by atoms with E-state index in [9.17, 15) is 4.79 Å². The lowest BCUT2D eigenvalue weighted by molar-refractivity contribution is 0.390. The second kappa shape index (κ2) is 7.61. The van der Waals surface area contributed by atoms with Crippen molar-refractivity contribution >= 4 is 10.8 Å². The second-order valence-corrected chi connectivity index (χ2v) is 8.13. The molecule has 158 valence electrons. The molecule has 0 N–H and O–H groups in total. The van der Waals surface area contributed by atoms with Crippen LogP contribution < -0.4 is 15.0 Å². The number of imidazole rings is 1. The van der Waals surface area contributed by atoms with Crippen LogP contribution in [0, 0.1) is 6.92 Å². The first kappa shape index (κ1) is 19.4. The van der Waals surface area contributed by atoms with E-state index in [0.717, 1.165) is 33.6 Å². The molecule has 0 aliphatic heterocycles. The molecule has 5 rings (SSSR count). The van der Waals surface area contributed by atoms with E-state index in [2.05, 4.69) is 24.2 Å². The fourth-order valence-electron chi connectivity index (χ4n) is 4.06. The average molecular weight is 415 g/mol. The fraction of sp³-hybridized carbons (Fsp3) is 0.280. The first-order valence-corrected chi connectivity index (χ1v) is 10.5. The molecule has 0 atom stereocenters. The standard InChI is InChI=1S/C25H25N3O3/c1-16-10-18-8-9-27(13-19-6-7-20(30-2)11-24(19)31-3)25(29)21(18)12-23(16)28-14-22(26-15-28)17-4-5-17/h6-12,14-15,17H,4-5,13H2,1-3H3. The van der Waals surface area contributed by atoms with Gasteiger partial charge in [-0.3, -0.25) is 4.79 Å². The van der Waals surface area contributed by atoms with Gasteiger partial charge in [0.2, 0.25) is 0 Å². The number of hydrogen-bond donors (Lipinski definition) is 0. The van der Waals surface area contributed by atoms with Crippen molar-refractivity contribution in [3.05, 3.63) is 82.3 Å². The Kier molecular flexibility index (Phi) is 4.77. The number of hydrogen-bond acceptors (Lipinski definition) is 4. The third kappa shape index (κ3) is 3.58. The Labute approximate surface area is 180 Å². The Morgan fingerprint density at radius 2 is 1.94 bits per heavy atom. The molecule has 0 spiro atoms. The summed E-state index contributed by atoms with van der Waals surface area (Å²) in [6.07, 6.45) is 8.22. The van der Waals surface area contributed by atoms with Gasteiger partial charge in [-0.25, -0.2) is 4.98 Å². The largest absolute Gasteiger partial charge is 0.497 e. The molecule has 0 radical (unpaired) electrons. The van der Waals surface area contributed by atoms with E-state index < -0.39 is 0 Å². The molecule has 0 bridgehead atoms. The molecule has 1 fully saturated rings. The molecule has 6 nitrogen and oxygen atoms in total. The van der Waals surface area contributed by atoms with Crippen molar-refractivity contribution in [2.75, 3.05) is 14.2 Å². The van der Waals surface area contributed by atoms with Crippen LogP contribution in [0.2, 0.25) is 0 Å². The summed E-state index contributed by atoms with van der Waals surface area (Å²) in [5, 5.41) is 1.63. The van der Waals surface area contributed by atoms with Crippen molar-refractivity contribution in [1.29, 1.82) is 0 Å². The number of rotatable bonds is 6. The van der Waals surface area contributed by atoms with E-state index >= 15 is 0 Å². The van der Waals surface area contributed by atoms with Gasteiger partial charge in [0.05, 0.1) is 38.5 Å². The molecular formula is C25H25N3O3. The predicted octanol–water partition coefficient (Wildman–Crippen LogP) is 4.44. The molecule has 1 saturated carbocycles. The number of methoxy groups -OCH3 is 2. The van der Waals surface area contributed by atoms with Gasteiger partial charge < -0.3 is 18.6 Å². The predicted molar refractivity (Wildman–Crippen MR) is 121 cm³/mol. The van der Waals surface area contributed by atoms with Crippen LogP contribution in [-0.4, -0.2) is 28.3 Å². The fourth-order valence-corrected chi connectivity index (χ4v) is 4.06. The van der Waals surface area contributed by atoms with Crippen LogP contribution in [0.25, 0.3) is 16.5 Å². The van der Waals surface area contributed by atoms with E-state index in [-0.39, 0.29) is 5.56 Å². The van der Waals surface area contributed by atoms with Crippen LogP contribution in [0.1, 0.15) is 35.6 Å². The number of aryl methyl sites for hydroxylation is 1. The molecule has 2 aromatic heterocycles. The van der Waals surface area contributed by atoms with Gasteiger partial charge in [-0.1, -0.05) is 0 Å². The summed E-state index contributed by atoms with van der Waals surface area (Å²) in [7, 11) is 3.24. The molecule has 2 heterocycles. The summed E-state index contributed by atoms with van der Waals surface area (Å²) in [5.74, 6) is 2.01. The van der Waals surface area contributed by atoms with Crippen molar-refractivity contribution in [1.82, 2.24) is 14.1 Å². The van der Waals surface area contributed by atoms with Crippen molar-refractivity contribution in [3.8, 4) is 17.2 Å². The highest BCUT2D eigenvalue weighted by Crippen LogP contribution is 2.39. The third-order valence-corrected chi connectivity index (χ3v) is 6.00. The highest BCUT2D eigenvalue weighted by Gasteiger charge is 2.26. The maximum Gasteiger partial charge on any atom is 0.258 e. The highest BCUT2D eigenvalue weighted by atomic mass is 16.5. The molecule has 0 amide bonds. The number of nitrogens with zero attached hydrogens (tertiary/aromatic N) is 3. The zero-order valence-corrected chi connectivity index (χ0v) is 18.0. The maximum absolute atomic E-state index is 13.3. The lowest BCUT2D eigenvalue weighted by Gasteiger charge is -2.14. The molecule has 0 saturated heterocycles. The minimum Gasteiger partial charge on any atom is -0.497 e. The van der Waals surface area contributed by atoms with E-state index in [1.807, 2.05) is 47.4 Å². The Balaban J connectivity index is 1.55. The van der Waals surface area contributed by atoms with Crippen LogP contribution in [0.4, 0.5) is 0 Å². The monoisotopic (exact) mass is 415 g/mol. The van der Waals surface area contributed by atoms with E-state index in [4.69, 9.17) is 9.47 Å². The zero-order valence-electron chi connectivity index (χ0n) is 18.0. The molecule has 1 aliphatic rings. The minimum atomic E-state index is -0.0286. The number of pyridine rings is 1. The van der Waals surface area contributed by atoms with Crippen molar-refractivity contribution < 1.29 is 9.47 Å². The summed E-state index contributed by atoms with van der Waals surface area (Å²) in [6.45, 7) is 2.49.